The molecule has 0 amide bonds. The highest BCUT2D eigenvalue weighted by Crippen LogP contribution is 2.12. The molecule has 0 atom stereocenters. The van der Waals surface area contributed by atoms with Crippen LogP contribution in [-0.4, -0.2) is 17.5 Å². The van der Waals surface area contributed by atoms with Gasteiger partial charge in [0, 0.05) is 23.3 Å². The Morgan fingerprint density at radius 1 is 1.32 bits per heavy atom. The molecule has 0 radical (unpaired) electrons. The SMILES string of the molecule is Cc1cccc(NC(N)=NCCCCc2nc(C)cs2)c1.I. The van der Waals surface area contributed by atoms with Crippen LogP contribution in [0.2, 0.25) is 0 Å². The molecule has 1 aromatic carbocycles. The van der Waals surface area contributed by atoms with Crippen molar-refractivity contribution in [2.24, 2.45) is 10.7 Å². The number of anilines is 1. The maximum Gasteiger partial charge on any atom is 0.193 e. The predicted octanol–water partition coefficient (Wildman–Crippen LogP) is 4.13. The summed E-state index contributed by atoms with van der Waals surface area (Å²) in [6.45, 7) is 4.83. The quantitative estimate of drug-likeness (QED) is 0.314. The number of halogens is 1. The zero-order valence-electron chi connectivity index (χ0n) is 13.0. The van der Waals surface area contributed by atoms with Crippen molar-refractivity contribution < 1.29 is 0 Å². The molecule has 0 aliphatic rings. The largest absolute Gasteiger partial charge is 0.370 e. The number of aryl methyl sites for hydroxylation is 3. The molecule has 6 heteroatoms. The molecular formula is C16H23IN4S. The number of unbranched alkanes of at least 4 members (excludes halogenated alkanes) is 1. The van der Waals surface area contributed by atoms with Gasteiger partial charge < -0.3 is 11.1 Å². The smallest absolute Gasteiger partial charge is 0.193 e. The van der Waals surface area contributed by atoms with Crippen molar-refractivity contribution in [2.75, 3.05) is 11.9 Å². The van der Waals surface area contributed by atoms with Crippen LogP contribution in [0.5, 0.6) is 0 Å². The number of aromatic nitrogens is 1. The Labute approximate surface area is 153 Å². The minimum Gasteiger partial charge on any atom is -0.370 e. The lowest BCUT2D eigenvalue weighted by molar-refractivity contribution is 0.741. The van der Waals surface area contributed by atoms with Crippen LogP contribution in [0.3, 0.4) is 0 Å². The van der Waals surface area contributed by atoms with E-state index in [2.05, 4.69) is 33.7 Å². The number of nitrogens with two attached hydrogens (primary N) is 1. The molecule has 2 aromatic rings. The minimum absolute atomic E-state index is 0. The fourth-order valence-corrected chi connectivity index (χ4v) is 2.83. The highest BCUT2D eigenvalue weighted by Gasteiger charge is 1.99. The van der Waals surface area contributed by atoms with Gasteiger partial charge in [-0.15, -0.1) is 35.3 Å². The van der Waals surface area contributed by atoms with Crippen LogP contribution in [-0.2, 0) is 6.42 Å². The average Bonchev–Trinajstić information content (AvgIpc) is 2.84. The lowest BCUT2D eigenvalue weighted by Crippen LogP contribution is -2.22. The molecule has 0 saturated heterocycles. The number of benzene rings is 1. The van der Waals surface area contributed by atoms with Gasteiger partial charge in [-0.2, -0.15) is 0 Å². The van der Waals surface area contributed by atoms with Crippen LogP contribution in [0.25, 0.3) is 0 Å². The summed E-state index contributed by atoms with van der Waals surface area (Å²) in [4.78, 5) is 8.80. The molecular weight excluding hydrogens is 407 g/mol. The summed E-state index contributed by atoms with van der Waals surface area (Å²) in [5.74, 6) is 0.477. The lowest BCUT2D eigenvalue weighted by atomic mass is 10.2. The van der Waals surface area contributed by atoms with Gasteiger partial charge >= 0.3 is 0 Å². The van der Waals surface area contributed by atoms with E-state index in [-0.39, 0.29) is 24.0 Å². The van der Waals surface area contributed by atoms with Crippen LogP contribution in [0, 0.1) is 13.8 Å². The van der Waals surface area contributed by atoms with Gasteiger partial charge in [0.05, 0.1) is 5.01 Å². The van der Waals surface area contributed by atoms with Gasteiger partial charge in [0.2, 0.25) is 0 Å². The van der Waals surface area contributed by atoms with E-state index in [1.54, 1.807) is 11.3 Å². The number of nitrogens with zero attached hydrogens (tertiary/aromatic N) is 2. The maximum atomic E-state index is 5.88. The van der Waals surface area contributed by atoms with E-state index in [4.69, 9.17) is 5.73 Å². The fraction of sp³-hybridized carbons (Fsp3) is 0.375. The molecule has 0 aliphatic carbocycles. The van der Waals surface area contributed by atoms with Crippen molar-refractivity contribution in [3.63, 3.8) is 0 Å². The fourth-order valence-electron chi connectivity index (χ4n) is 2.02. The molecule has 2 rings (SSSR count). The summed E-state index contributed by atoms with van der Waals surface area (Å²) in [5, 5.41) is 6.42. The third kappa shape index (κ3) is 6.74. The van der Waals surface area contributed by atoms with Gasteiger partial charge in [-0.25, -0.2) is 4.98 Å². The van der Waals surface area contributed by atoms with Gasteiger partial charge in [-0.05, 0) is 50.8 Å². The normalized spacial score (nSPS) is 11.1. The monoisotopic (exact) mass is 430 g/mol. The van der Waals surface area contributed by atoms with E-state index in [1.807, 2.05) is 25.1 Å². The van der Waals surface area contributed by atoms with E-state index in [0.717, 1.165) is 37.2 Å². The van der Waals surface area contributed by atoms with Crippen molar-refractivity contribution in [3.05, 3.63) is 45.9 Å². The highest BCUT2D eigenvalue weighted by molar-refractivity contribution is 14.0. The van der Waals surface area contributed by atoms with Gasteiger partial charge in [0.1, 0.15) is 0 Å². The summed E-state index contributed by atoms with van der Waals surface area (Å²) in [7, 11) is 0. The van der Waals surface area contributed by atoms with E-state index in [0.29, 0.717) is 5.96 Å². The average molecular weight is 430 g/mol. The van der Waals surface area contributed by atoms with E-state index >= 15 is 0 Å². The number of thiazole rings is 1. The molecule has 22 heavy (non-hydrogen) atoms. The number of guanidine groups is 1. The van der Waals surface area contributed by atoms with Gasteiger partial charge in [-0.1, -0.05) is 12.1 Å². The maximum absolute atomic E-state index is 5.88. The Bertz CT molecular complexity index is 610. The van der Waals surface area contributed by atoms with E-state index in [1.165, 1.54) is 10.6 Å². The molecule has 120 valence electrons. The minimum atomic E-state index is 0. The summed E-state index contributed by atoms with van der Waals surface area (Å²) < 4.78 is 0. The third-order valence-corrected chi connectivity index (χ3v) is 4.06. The molecule has 1 heterocycles. The molecule has 0 unspecified atom stereocenters. The zero-order chi connectivity index (χ0) is 15.1. The van der Waals surface area contributed by atoms with Crippen LogP contribution in [0.1, 0.15) is 29.1 Å². The Hall–Kier alpha value is -1.15. The Balaban J connectivity index is 0.00000242. The van der Waals surface area contributed by atoms with Crippen LogP contribution >= 0.6 is 35.3 Å². The van der Waals surface area contributed by atoms with Crippen LogP contribution < -0.4 is 11.1 Å². The standard InChI is InChI=1S/C16H22N4S.HI/c1-12-6-5-7-14(10-12)20-16(17)18-9-4-3-8-15-19-13(2)11-21-15;/h5-7,10-11H,3-4,8-9H2,1-2H3,(H3,17,18,20);1H. The first kappa shape index (κ1) is 18.9. The molecule has 0 aliphatic heterocycles. The van der Waals surface area contributed by atoms with Crippen molar-refractivity contribution in [1.29, 1.82) is 0 Å². The number of rotatable bonds is 6. The first-order chi connectivity index (χ1) is 10.1. The number of hydrogen-bond donors (Lipinski definition) is 2. The number of aliphatic imine (C=N–C) groups is 1. The zero-order valence-corrected chi connectivity index (χ0v) is 16.2. The van der Waals surface area contributed by atoms with Gasteiger partial charge in [-0.3, -0.25) is 4.99 Å². The highest BCUT2D eigenvalue weighted by atomic mass is 127. The van der Waals surface area contributed by atoms with Crippen LogP contribution in [0.15, 0.2) is 34.6 Å². The van der Waals surface area contributed by atoms with Crippen molar-refractivity contribution in [3.8, 4) is 0 Å². The van der Waals surface area contributed by atoms with Gasteiger partial charge in [0.15, 0.2) is 5.96 Å². The molecule has 4 nitrogen and oxygen atoms in total. The molecule has 0 saturated carbocycles. The summed E-state index contributed by atoms with van der Waals surface area (Å²) >= 11 is 1.73. The first-order valence-electron chi connectivity index (χ1n) is 7.18. The topological polar surface area (TPSA) is 63.3 Å². The number of hydrogen-bond acceptors (Lipinski definition) is 3. The second kappa shape index (κ2) is 9.78. The summed E-state index contributed by atoms with van der Waals surface area (Å²) in [6.07, 6.45) is 3.14. The molecule has 1 aromatic heterocycles. The molecule has 0 spiro atoms. The molecule has 0 bridgehead atoms. The third-order valence-electron chi connectivity index (χ3n) is 3.04. The Kier molecular flexibility index (Phi) is 8.40. The predicted molar refractivity (Wildman–Crippen MR) is 106 cm³/mol. The lowest BCUT2D eigenvalue weighted by Gasteiger charge is -2.06. The molecule has 3 N–H and O–H groups in total. The van der Waals surface area contributed by atoms with Crippen molar-refractivity contribution in [1.82, 2.24) is 4.98 Å². The van der Waals surface area contributed by atoms with Crippen molar-refractivity contribution in [2.45, 2.75) is 33.1 Å². The van der Waals surface area contributed by atoms with Crippen molar-refractivity contribution >= 4 is 47.0 Å². The van der Waals surface area contributed by atoms with Crippen LogP contribution in [0.4, 0.5) is 5.69 Å². The van der Waals surface area contributed by atoms with E-state index in [9.17, 15) is 0 Å². The molecule has 0 fully saturated rings. The van der Waals surface area contributed by atoms with Gasteiger partial charge in [0.25, 0.3) is 0 Å². The summed E-state index contributed by atoms with van der Waals surface area (Å²) in [5.41, 5.74) is 9.17. The first-order valence-corrected chi connectivity index (χ1v) is 8.06. The Morgan fingerprint density at radius 2 is 2.14 bits per heavy atom. The van der Waals surface area contributed by atoms with E-state index < -0.39 is 0 Å². The second-order valence-corrected chi connectivity index (χ2v) is 6.04. The second-order valence-electron chi connectivity index (χ2n) is 5.10. The Morgan fingerprint density at radius 3 is 2.82 bits per heavy atom. The summed E-state index contributed by atoms with van der Waals surface area (Å²) in [6, 6.07) is 8.09. The number of nitrogens with one attached hydrogen (secondary N) is 1.